The van der Waals surface area contributed by atoms with Crippen LogP contribution < -0.4 is 10.2 Å². The minimum atomic E-state index is -0.0104. The third kappa shape index (κ3) is 2.33. The number of fused-ring (bicyclic) bond motifs is 2. The third-order valence-corrected chi connectivity index (χ3v) is 6.74. The zero-order valence-corrected chi connectivity index (χ0v) is 15.3. The van der Waals surface area contributed by atoms with Crippen molar-refractivity contribution in [3.8, 4) is 0 Å². The molecule has 2 aromatic rings. The van der Waals surface area contributed by atoms with Crippen molar-refractivity contribution in [1.29, 1.82) is 0 Å². The summed E-state index contributed by atoms with van der Waals surface area (Å²) < 4.78 is 1.83. The second-order valence-electron chi connectivity index (χ2n) is 8.25. The molecule has 1 aliphatic carbocycles. The number of benzene rings is 1. The number of para-hydroxylation sites is 1. The number of carbonyl (C=O) groups excluding carboxylic acids is 1. The monoisotopic (exact) mass is 350 g/mol. The number of amides is 1. The average molecular weight is 350 g/mol. The Kier molecular flexibility index (Phi) is 3.67. The minimum absolute atomic E-state index is 0.0104. The first-order valence-corrected chi connectivity index (χ1v) is 9.78. The number of nitrogens with one attached hydrogen (secondary N) is 1. The van der Waals surface area contributed by atoms with E-state index in [4.69, 9.17) is 0 Å². The molecule has 0 unspecified atom stereocenters. The first kappa shape index (κ1) is 16.1. The molecule has 3 aliphatic rings. The van der Waals surface area contributed by atoms with Crippen LogP contribution in [-0.2, 0) is 17.3 Å². The standard InChI is InChI=1S/C21H26N4O/c1-24-13-15(10-23-24)16-11-22-12-17(16)20(26)25-14-21(8-4-5-9-21)18-6-2-3-7-19(18)25/h2-3,6-7,10,13,16-17,22H,4-5,8-9,11-12,14H2,1H3/t16-,17+/m1/s1. The predicted molar refractivity (Wildman–Crippen MR) is 101 cm³/mol. The van der Waals surface area contributed by atoms with Crippen molar-refractivity contribution in [2.45, 2.75) is 37.0 Å². The van der Waals surface area contributed by atoms with Crippen molar-refractivity contribution in [1.82, 2.24) is 15.1 Å². The highest BCUT2D eigenvalue weighted by molar-refractivity contribution is 5.98. The molecule has 1 saturated carbocycles. The van der Waals surface area contributed by atoms with Crippen LogP contribution in [0.25, 0.3) is 0 Å². The summed E-state index contributed by atoms with van der Waals surface area (Å²) in [4.78, 5) is 15.7. The van der Waals surface area contributed by atoms with E-state index in [1.165, 1.54) is 36.8 Å². The highest BCUT2D eigenvalue weighted by Gasteiger charge is 2.48. The van der Waals surface area contributed by atoms with Crippen LogP contribution in [0, 0.1) is 5.92 Å². The van der Waals surface area contributed by atoms with Crippen molar-refractivity contribution in [2.24, 2.45) is 13.0 Å². The third-order valence-electron chi connectivity index (χ3n) is 6.74. The van der Waals surface area contributed by atoms with E-state index >= 15 is 0 Å². The molecule has 136 valence electrons. The molecule has 1 amide bonds. The highest BCUT2D eigenvalue weighted by Crippen LogP contribution is 2.51. The maximum Gasteiger partial charge on any atom is 0.232 e. The van der Waals surface area contributed by atoms with Crippen LogP contribution in [0.15, 0.2) is 36.7 Å². The Morgan fingerprint density at radius 2 is 2.04 bits per heavy atom. The van der Waals surface area contributed by atoms with E-state index in [0.29, 0.717) is 0 Å². The lowest BCUT2D eigenvalue weighted by Gasteiger charge is -2.27. The molecule has 0 radical (unpaired) electrons. The van der Waals surface area contributed by atoms with E-state index in [2.05, 4.69) is 39.6 Å². The molecule has 3 heterocycles. The number of aromatic nitrogens is 2. The Hall–Kier alpha value is -2.14. The number of rotatable bonds is 2. The SMILES string of the molecule is Cn1cc([C@H]2CNC[C@@H]2C(=O)N2CC3(CCCC3)c3ccccc32)cn1. The summed E-state index contributed by atoms with van der Waals surface area (Å²) in [5.41, 5.74) is 3.91. The summed E-state index contributed by atoms with van der Waals surface area (Å²) in [6.45, 7) is 2.47. The Balaban J connectivity index is 1.47. The van der Waals surface area contributed by atoms with Crippen LogP contribution in [0.3, 0.4) is 0 Å². The van der Waals surface area contributed by atoms with Gasteiger partial charge in [0.15, 0.2) is 0 Å². The summed E-state index contributed by atoms with van der Waals surface area (Å²) in [6, 6.07) is 8.59. The van der Waals surface area contributed by atoms with Gasteiger partial charge in [-0.1, -0.05) is 31.0 Å². The molecule has 1 aromatic heterocycles. The lowest BCUT2D eigenvalue weighted by Crippen LogP contribution is -2.41. The second-order valence-corrected chi connectivity index (χ2v) is 8.25. The van der Waals surface area contributed by atoms with Crippen LogP contribution in [0.2, 0.25) is 0 Å². The molecule has 5 rings (SSSR count). The molecule has 5 nitrogen and oxygen atoms in total. The molecular formula is C21H26N4O. The zero-order valence-electron chi connectivity index (χ0n) is 15.3. The summed E-state index contributed by atoms with van der Waals surface area (Å²) >= 11 is 0. The lowest BCUT2D eigenvalue weighted by molar-refractivity contribution is -0.122. The fourth-order valence-corrected chi connectivity index (χ4v) is 5.43. The minimum Gasteiger partial charge on any atom is -0.315 e. The molecule has 2 fully saturated rings. The lowest BCUT2D eigenvalue weighted by atomic mass is 9.81. The van der Waals surface area contributed by atoms with Gasteiger partial charge >= 0.3 is 0 Å². The molecule has 2 atom stereocenters. The van der Waals surface area contributed by atoms with Gasteiger partial charge in [0.1, 0.15) is 0 Å². The van der Waals surface area contributed by atoms with Gasteiger partial charge in [-0.15, -0.1) is 0 Å². The average Bonchev–Trinajstić information content (AvgIpc) is 3.43. The van der Waals surface area contributed by atoms with Crippen molar-refractivity contribution in [2.75, 3.05) is 24.5 Å². The molecule has 1 spiro atoms. The van der Waals surface area contributed by atoms with E-state index in [1.807, 2.05) is 24.1 Å². The van der Waals surface area contributed by atoms with Crippen molar-refractivity contribution < 1.29 is 4.79 Å². The number of nitrogens with zero attached hydrogens (tertiary/aromatic N) is 3. The van der Waals surface area contributed by atoms with E-state index in [9.17, 15) is 4.79 Å². The van der Waals surface area contributed by atoms with E-state index in [-0.39, 0.29) is 23.2 Å². The molecule has 1 saturated heterocycles. The molecule has 26 heavy (non-hydrogen) atoms. The van der Waals surface area contributed by atoms with Gasteiger partial charge < -0.3 is 10.2 Å². The van der Waals surface area contributed by atoms with Crippen molar-refractivity contribution >= 4 is 11.6 Å². The number of carbonyl (C=O) groups is 1. The molecule has 0 bridgehead atoms. The fourth-order valence-electron chi connectivity index (χ4n) is 5.43. The van der Waals surface area contributed by atoms with Crippen molar-refractivity contribution in [3.05, 3.63) is 47.8 Å². The molecule has 5 heteroatoms. The van der Waals surface area contributed by atoms with Crippen LogP contribution in [0.5, 0.6) is 0 Å². The first-order chi connectivity index (χ1) is 12.7. The van der Waals surface area contributed by atoms with Gasteiger partial charge in [-0.2, -0.15) is 5.10 Å². The molecule has 1 aromatic carbocycles. The Morgan fingerprint density at radius 3 is 2.81 bits per heavy atom. The normalized spacial score (nSPS) is 26.6. The molecule has 2 aliphatic heterocycles. The second kappa shape index (κ2) is 5.95. The predicted octanol–water partition coefficient (Wildman–Crippen LogP) is 2.58. The Morgan fingerprint density at radius 1 is 1.23 bits per heavy atom. The van der Waals surface area contributed by atoms with Crippen molar-refractivity contribution in [3.63, 3.8) is 0 Å². The Bertz CT molecular complexity index is 836. The van der Waals surface area contributed by atoms with Gasteiger partial charge in [0.05, 0.1) is 12.1 Å². The largest absolute Gasteiger partial charge is 0.315 e. The van der Waals surface area contributed by atoms with Gasteiger partial charge in [0.25, 0.3) is 0 Å². The van der Waals surface area contributed by atoms with Crippen LogP contribution in [-0.4, -0.2) is 35.3 Å². The summed E-state index contributed by atoms with van der Waals surface area (Å²) in [5.74, 6) is 0.479. The highest BCUT2D eigenvalue weighted by atomic mass is 16.2. The van der Waals surface area contributed by atoms with E-state index < -0.39 is 0 Å². The maximum absolute atomic E-state index is 13.6. The first-order valence-electron chi connectivity index (χ1n) is 9.78. The topological polar surface area (TPSA) is 50.2 Å². The van der Waals surface area contributed by atoms with Gasteiger partial charge in [0, 0.05) is 49.9 Å². The van der Waals surface area contributed by atoms with Crippen LogP contribution in [0.4, 0.5) is 5.69 Å². The van der Waals surface area contributed by atoms with E-state index in [1.54, 1.807) is 0 Å². The summed E-state index contributed by atoms with van der Waals surface area (Å²) in [6.07, 6.45) is 8.94. The van der Waals surface area contributed by atoms with E-state index in [0.717, 1.165) is 25.3 Å². The van der Waals surface area contributed by atoms with Crippen LogP contribution in [0.1, 0.15) is 42.7 Å². The number of aryl methyl sites for hydroxylation is 1. The number of hydrogen-bond acceptors (Lipinski definition) is 3. The quantitative estimate of drug-likeness (QED) is 0.906. The zero-order chi connectivity index (χ0) is 17.7. The van der Waals surface area contributed by atoms with Gasteiger partial charge in [-0.05, 0) is 30.0 Å². The van der Waals surface area contributed by atoms with Crippen LogP contribution >= 0.6 is 0 Å². The maximum atomic E-state index is 13.6. The summed E-state index contributed by atoms with van der Waals surface area (Å²) in [5, 5.41) is 7.75. The van der Waals surface area contributed by atoms with Gasteiger partial charge in [0.2, 0.25) is 5.91 Å². The molecule has 1 N–H and O–H groups in total. The molecular weight excluding hydrogens is 324 g/mol. The van der Waals surface area contributed by atoms with Gasteiger partial charge in [-0.25, -0.2) is 0 Å². The number of anilines is 1. The smallest absolute Gasteiger partial charge is 0.232 e. The number of hydrogen-bond donors (Lipinski definition) is 1. The van der Waals surface area contributed by atoms with Gasteiger partial charge in [-0.3, -0.25) is 9.48 Å². The fraction of sp³-hybridized carbons (Fsp3) is 0.524. The summed E-state index contributed by atoms with van der Waals surface area (Å²) in [7, 11) is 1.93. The Labute approximate surface area is 154 Å².